The summed E-state index contributed by atoms with van der Waals surface area (Å²) >= 11 is 0. The Morgan fingerprint density at radius 2 is 1.71 bits per heavy atom. The minimum atomic E-state index is -0.290. The van der Waals surface area contributed by atoms with Gasteiger partial charge in [-0.05, 0) is 43.3 Å². The van der Waals surface area contributed by atoms with Crippen molar-refractivity contribution in [1.29, 1.82) is 0 Å². The molecule has 0 aliphatic rings. The van der Waals surface area contributed by atoms with E-state index in [2.05, 4.69) is 22.1 Å². The number of aromatic nitrogens is 1. The van der Waals surface area contributed by atoms with Gasteiger partial charge in [-0.25, -0.2) is 4.98 Å². The minimum absolute atomic E-state index is 0.290. The van der Waals surface area contributed by atoms with Crippen LogP contribution in [0.15, 0.2) is 66.9 Å². The fraction of sp³-hybridized carbons (Fsp3) is 0.182. The SMILES string of the molecule is CCN(c1ccccc1)c1ccc(C(=O)Nc2ccc(OC)c(OC)c2)nc1. The molecule has 0 spiro atoms. The summed E-state index contributed by atoms with van der Waals surface area (Å²) in [5, 5.41) is 2.83. The lowest BCUT2D eigenvalue weighted by atomic mass is 10.2. The van der Waals surface area contributed by atoms with Gasteiger partial charge in [0, 0.05) is 24.0 Å². The molecule has 0 unspecified atom stereocenters. The van der Waals surface area contributed by atoms with Crippen molar-refractivity contribution in [3.05, 3.63) is 72.6 Å². The number of anilines is 3. The van der Waals surface area contributed by atoms with Crippen LogP contribution in [0.2, 0.25) is 0 Å². The maximum Gasteiger partial charge on any atom is 0.274 e. The van der Waals surface area contributed by atoms with E-state index in [9.17, 15) is 4.79 Å². The first kappa shape index (κ1) is 19.2. The molecule has 0 aliphatic heterocycles. The highest BCUT2D eigenvalue weighted by atomic mass is 16.5. The third-order valence-electron chi connectivity index (χ3n) is 4.32. The molecular weight excluding hydrogens is 354 g/mol. The molecular formula is C22H23N3O3. The Morgan fingerprint density at radius 1 is 0.964 bits per heavy atom. The average molecular weight is 377 g/mol. The van der Waals surface area contributed by atoms with Gasteiger partial charge in [0.2, 0.25) is 0 Å². The summed E-state index contributed by atoms with van der Waals surface area (Å²) < 4.78 is 10.5. The van der Waals surface area contributed by atoms with Gasteiger partial charge in [-0.1, -0.05) is 18.2 Å². The molecule has 2 aromatic carbocycles. The smallest absolute Gasteiger partial charge is 0.274 e. The molecule has 1 heterocycles. The first-order valence-electron chi connectivity index (χ1n) is 8.98. The Bertz CT molecular complexity index is 928. The first-order valence-corrected chi connectivity index (χ1v) is 8.98. The van der Waals surface area contributed by atoms with Crippen molar-refractivity contribution in [2.45, 2.75) is 6.92 Å². The van der Waals surface area contributed by atoms with E-state index in [1.54, 1.807) is 44.7 Å². The zero-order chi connectivity index (χ0) is 19.9. The van der Waals surface area contributed by atoms with Gasteiger partial charge in [-0.15, -0.1) is 0 Å². The predicted molar refractivity (Wildman–Crippen MR) is 111 cm³/mol. The molecule has 1 aromatic heterocycles. The summed E-state index contributed by atoms with van der Waals surface area (Å²) in [5.74, 6) is 0.857. The Morgan fingerprint density at radius 3 is 2.32 bits per heavy atom. The number of hydrogen-bond donors (Lipinski definition) is 1. The van der Waals surface area contributed by atoms with Crippen LogP contribution in [0.4, 0.5) is 17.1 Å². The number of methoxy groups -OCH3 is 2. The van der Waals surface area contributed by atoms with E-state index in [1.807, 2.05) is 36.4 Å². The lowest BCUT2D eigenvalue weighted by molar-refractivity contribution is 0.102. The number of para-hydroxylation sites is 1. The van der Waals surface area contributed by atoms with Crippen molar-refractivity contribution >= 4 is 23.0 Å². The van der Waals surface area contributed by atoms with Crippen LogP contribution in [0.3, 0.4) is 0 Å². The van der Waals surface area contributed by atoms with Crippen LogP contribution in [0.5, 0.6) is 11.5 Å². The van der Waals surface area contributed by atoms with E-state index in [4.69, 9.17) is 9.47 Å². The van der Waals surface area contributed by atoms with Gasteiger partial charge in [0.15, 0.2) is 11.5 Å². The summed E-state index contributed by atoms with van der Waals surface area (Å²) in [5.41, 5.74) is 2.95. The Kier molecular flexibility index (Phi) is 6.11. The van der Waals surface area contributed by atoms with Crippen LogP contribution in [-0.4, -0.2) is 31.7 Å². The molecule has 0 radical (unpaired) electrons. The maximum absolute atomic E-state index is 12.5. The van der Waals surface area contributed by atoms with E-state index < -0.39 is 0 Å². The molecule has 3 rings (SSSR count). The maximum atomic E-state index is 12.5. The highest BCUT2D eigenvalue weighted by Crippen LogP contribution is 2.30. The zero-order valence-electron chi connectivity index (χ0n) is 16.2. The zero-order valence-corrected chi connectivity index (χ0v) is 16.2. The summed E-state index contributed by atoms with van der Waals surface area (Å²) in [6.07, 6.45) is 1.71. The second-order valence-electron chi connectivity index (χ2n) is 6.01. The van der Waals surface area contributed by atoms with Crippen molar-refractivity contribution in [3.63, 3.8) is 0 Å². The third-order valence-corrected chi connectivity index (χ3v) is 4.32. The van der Waals surface area contributed by atoms with Crippen molar-refractivity contribution in [1.82, 2.24) is 4.98 Å². The lowest BCUT2D eigenvalue weighted by Gasteiger charge is -2.23. The van der Waals surface area contributed by atoms with Gasteiger partial charge in [-0.3, -0.25) is 4.79 Å². The molecule has 6 nitrogen and oxygen atoms in total. The number of hydrogen-bond acceptors (Lipinski definition) is 5. The topological polar surface area (TPSA) is 63.7 Å². The predicted octanol–water partition coefficient (Wildman–Crippen LogP) is 4.51. The molecule has 1 amide bonds. The van der Waals surface area contributed by atoms with Crippen molar-refractivity contribution in [2.75, 3.05) is 31.0 Å². The van der Waals surface area contributed by atoms with Gasteiger partial charge < -0.3 is 19.7 Å². The van der Waals surface area contributed by atoms with Crippen molar-refractivity contribution in [3.8, 4) is 11.5 Å². The van der Waals surface area contributed by atoms with Crippen molar-refractivity contribution < 1.29 is 14.3 Å². The summed E-state index contributed by atoms with van der Waals surface area (Å²) in [4.78, 5) is 19.0. The second kappa shape index (κ2) is 8.90. The lowest BCUT2D eigenvalue weighted by Crippen LogP contribution is -2.17. The summed E-state index contributed by atoms with van der Waals surface area (Å²) in [6, 6.07) is 18.9. The largest absolute Gasteiger partial charge is 0.493 e. The standard InChI is InChI=1S/C22H23N3O3/c1-4-25(17-8-6-5-7-9-17)18-11-12-19(23-15-18)22(26)24-16-10-13-20(27-2)21(14-16)28-3/h5-15H,4H2,1-3H3,(H,24,26). The molecule has 6 heteroatoms. The molecule has 1 N–H and O–H groups in total. The fourth-order valence-electron chi connectivity index (χ4n) is 2.91. The Labute approximate surface area is 164 Å². The molecule has 144 valence electrons. The van der Waals surface area contributed by atoms with E-state index >= 15 is 0 Å². The number of nitrogens with one attached hydrogen (secondary N) is 1. The minimum Gasteiger partial charge on any atom is -0.493 e. The number of carbonyl (C=O) groups excluding carboxylic acids is 1. The van der Waals surface area contributed by atoms with Crippen LogP contribution in [-0.2, 0) is 0 Å². The molecule has 0 fully saturated rings. The van der Waals surface area contributed by atoms with Crippen LogP contribution in [0.25, 0.3) is 0 Å². The van der Waals surface area contributed by atoms with Gasteiger partial charge in [0.05, 0.1) is 26.1 Å². The van der Waals surface area contributed by atoms with E-state index in [1.165, 1.54) is 0 Å². The molecule has 0 atom stereocenters. The quantitative estimate of drug-likeness (QED) is 0.656. The Hall–Kier alpha value is -3.54. The summed E-state index contributed by atoms with van der Waals surface area (Å²) in [7, 11) is 3.12. The molecule has 0 bridgehead atoms. The number of carbonyl (C=O) groups is 1. The van der Waals surface area contributed by atoms with Gasteiger partial charge in [0.25, 0.3) is 5.91 Å². The first-order chi connectivity index (χ1) is 13.7. The van der Waals surface area contributed by atoms with Crippen LogP contribution >= 0.6 is 0 Å². The molecule has 0 aliphatic carbocycles. The van der Waals surface area contributed by atoms with Crippen molar-refractivity contribution in [2.24, 2.45) is 0 Å². The average Bonchev–Trinajstić information content (AvgIpc) is 2.75. The number of nitrogens with zero attached hydrogens (tertiary/aromatic N) is 2. The second-order valence-corrected chi connectivity index (χ2v) is 6.01. The van der Waals surface area contributed by atoms with Crippen LogP contribution < -0.4 is 19.7 Å². The summed E-state index contributed by atoms with van der Waals surface area (Å²) in [6.45, 7) is 2.87. The monoisotopic (exact) mass is 377 g/mol. The normalized spacial score (nSPS) is 10.2. The van der Waals surface area contributed by atoms with E-state index in [0.717, 1.165) is 17.9 Å². The molecule has 0 saturated heterocycles. The number of pyridine rings is 1. The number of rotatable bonds is 7. The number of ether oxygens (including phenoxy) is 2. The van der Waals surface area contributed by atoms with Gasteiger partial charge in [-0.2, -0.15) is 0 Å². The molecule has 28 heavy (non-hydrogen) atoms. The fourth-order valence-corrected chi connectivity index (χ4v) is 2.91. The van der Waals surface area contributed by atoms with E-state index in [-0.39, 0.29) is 5.91 Å². The Balaban J connectivity index is 1.75. The van der Waals surface area contributed by atoms with Gasteiger partial charge >= 0.3 is 0 Å². The van der Waals surface area contributed by atoms with Gasteiger partial charge in [0.1, 0.15) is 5.69 Å². The van der Waals surface area contributed by atoms with Crippen LogP contribution in [0.1, 0.15) is 17.4 Å². The highest BCUT2D eigenvalue weighted by molar-refractivity contribution is 6.03. The third kappa shape index (κ3) is 4.23. The van der Waals surface area contributed by atoms with E-state index in [0.29, 0.717) is 22.9 Å². The molecule has 3 aromatic rings. The number of benzene rings is 2. The molecule has 0 saturated carbocycles. The highest BCUT2D eigenvalue weighted by Gasteiger charge is 2.12. The van der Waals surface area contributed by atoms with Crippen LogP contribution in [0, 0.1) is 0 Å². The number of amides is 1.